The highest BCUT2D eigenvalue weighted by Gasteiger charge is 2.23. The number of rotatable bonds is 2. The number of hydrogen-bond donors (Lipinski definition) is 2. The SMILES string of the molecule is OC(c1ncc(Cl)s1)C1CCCCCN1. The Morgan fingerprint density at radius 1 is 1.53 bits per heavy atom. The van der Waals surface area contributed by atoms with Gasteiger partial charge in [0.15, 0.2) is 0 Å². The van der Waals surface area contributed by atoms with E-state index in [-0.39, 0.29) is 6.04 Å². The zero-order chi connectivity index (χ0) is 10.7. The summed E-state index contributed by atoms with van der Waals surface area (Å²) in [4.78, 5) is 4.12. The van der Waals surface area contributed by atoms with E-state index in [1.54, 1.807) is 6.20 Å². The molecule has 1 aliphatic heterocycles. The Balaban J connectivity index is 2.02. The van der Waals surface area contributed by atoms with Gasteiger partial charge < -0.3 is 10.4 Å². The van der Waals surface area contributed by atoms with E-state index >= 15 is 0 Å². The van der Waals surface area contributed by atoms with Crippen molar-refractivity contribution in [3.63, 3.8) is 0 Å². The van der Waals surface area contributed by atoms with Crippen LogP contribution >= 0.6 is 22.9 Å². The van der Waals surface area contributed by atoms with Gasteiger partial charge in [0.1, 0.15) is 15.4 Å². The van der Waals surface area contributed by atoms with Crippen molar-refractivity contribution in [2.24, 2.45) is 0 Å². The summed E-state index contributed by atoms with van der Waals surface area (Å²) in [5, 5.41) is 14.2. The molecule has 1 aliphatic rings. The topological polar surface area (TPSA) is 45.2 Å². The monoisotopic (exact) mass is 246 g/mol. The first kappa shape index (κ1) is 11.3. The number of aromatic nitrogens is 1. The Kier molecular flexibility index (Phi) is 3.97. The molecule has 1 fully saturated rings. The molecule has 0 aromatic carbocycles. The average molecular weight is 247 g/mol. The van der Waals surface area contributed by atoms with Crippen molar-refractivity contribution >= 4 is 22.9 Å². The fraction of sp³-hybridized carbons (Fsp3) is 0.700. The molecule has 0 saturated carbocycles. The average Bonchev–Trinajstić information content (AvgIpc) is 2.53. The van der Waals surface area contributed by atoms with Crippen LogP contribution < -0.4 is 5.32 Å². The van der Waals surface area contributed by atoms with Gasteiger partial charge in [0.05, 0.1) is 6.20 Å². The molecule has 5 heteroatoms. The molecule has 1 aromatic rings. The van der Waals surface area contributed by atoms with Gasteiger partial charge in [-0.1, -0.05) is 24.4 Å². The van der Waals surface area contributed by atoms with Gasteiger partial charge in [-0.05, 0) is 19.4 Å². The lowest BCUT2D eigenvalue weighted by Gasteiger charge is -2.20. The lowest BCUT2D eigenvalue weighted by Crippen LogP contribution is -2.34. The molecule has 1 aromatic heterocycles. The molecule has 0 radical (unpaired) electrons. The second-order valence-electron chi connectivity index (χ2n) is 3.86. The van der Waals surface area contributed by atoms with E-state index in [2.05, 4.69) is 10.3 Å². The number of thiazole rings is 1. The van der Waals surface area contributed by atoms with Crippen LogP contribution in [-0.4, -0.2) is 22.7 Å². The predicted octanol–water partition coefficient (Wildman–Crippen LogP) is 2.36. The highest BCUT2D eigenvalue weighted by Crippen LogP contribution is 2.28. The van der Waals surface area contributed by atoms with Crippen LogP contribution in [0.5, 0.6) is 0 Å². The first-order valence-electron chi connectivity index (χ1n) is 5.30. The fourth-order valence-corrected chi connectivity index (χ4v) is 2.88. The van der Waals surface area contributed by atoms with Gasteiger partial charge in [-0.3, -0.25) is 0 Å². The highest BCUT2D eigenvalue weighted by molar-refractivity contribution is 7.15. The summed E-state index contributed by atoms with van der Waals surface area (Å²) in [5.74, 6) is 0. The molecule has 2 atom stereocenters. The van der Waals surface area contributed by atoms with E-state index in [0.29, 0.717) is 4.34 Å². The third kappa shape index (κ3) is 2.91. The fourth-order valence-electron chi connectivity index (χ4n) is 1.90. The molecule has 0 aliphatic carbocycles. The maximum absolute atomic E-state index is 10.1. The van der Waals surface area contributed by atoms with Crippen molar-refractivity contribution in [1.29, 1.82) is 0 Å². The van der Waals surface area contributed by atoms with Crippen molar-refractivity contribution in [3.8, 4) is 0 Å². The van der Waals surface area contributed by atoms with Crippen molar-refractivity contribution in [2.45, 2.75) is 37.8 Å². The zero-order valence-corrected chi connectivity index (χ0v) is 10.0. The lowest BCUT2D eigenvalue weighted by molar-refractivity contribution is 0.126. The smallest absolute Gasteiger partial charge is 0.124 e. The quantitative estimate of drug-likeness (QED) is 0.842. The number of aliphatic hydroxyl groups excluding tert-OH is 1. The molecular weight excluding hydrogens is 232 g/mol. The Morgan fingerprint density at radius 3 is 3.13 bits per heavy atom. The van der Waals surface area contributed by atoms with Gasteiger partial charge in [-0.25, -0.2) is 4.98 Å². The van der Waals surface area contributed by atoms with Crippen molar-refractivity contribution in [3.05, 3.63) is 15.5 Å². The molecule has 2 N–H and O–H groups in total. The summed E-state index contributed by atoms with van der Waals surface area (Å²) in [5.41, 5.74) is 0. The summed E-state index contributed by atoms with van der Waals surface area (Å²) in [6, 6.07) is 0.134. The van der Waals surface area contributed by atoms with E-state index in [4.69, 9.17) is 11.6 Å². The summed E-state index contributed by atoms with van der Waals surface area (Å²) in [6.07, 6.45) is 5.71. The van der Waals surface area contributed by atoms with Gasteiger partial charge >= 0.3 is 0 Å². The molecular formula is C10H15ClN2OS. The number of nitrogens with one attached hydrogen (secondary N) is 1. The van der Waals surface area contributed by atoms with Crippen molar-refractivity contribution in [1.82, 2.24) is 10.3 Å². The lowest BCUT2D eigenvalue weighted by atomic mass is 10.1. The largest absolute Gasteiger partial charge is 0.384 e. The van der Waals surface area contributed by atoms with Crippen LogP contribution in [0.2, 0.25) is 4.34 Å². The molecule has 2 rings (SSSR count). The Bertz CT molecular complexity index is 310. The molecule has 84 valence electrons. The van der Waals surface area contributed by atoms with Crippen LogP contribution in [0.1, 0.15) is 36.8 Å². The molecule has 0 amide bonds. The minimum Gasteiger partial charge on any atom is -0.384 e. The number of hydrogen-bond acceptors (Lipinski definition) is 4. The molecule has 2 unspecified atom stereocenters. The van der Waals surface area contributed by atoms with Gasteiger partial charge in [0.2, 0.25) is 0 Å². The van der Waals surface area contributed by atoms with Crippen molar-refractivity contribution < 1.29 is 5.11 Å². The van der Waals surface area contributed by atoms with Gasteiger partial charge in [-0.15, -0.1) is 11.3 Å². The Labute approximate surface area is 98.5 Å². The van der Waals surface area contributed by atoms with Crippen LogP contribution in [0.15, 0.2) is 6.20 Å². The highest BCUT2D eigenvalue weighted by atomic mass is 35.5. The number of nitrogens with zero attached hydrogens (tertiary/aromatic N) is 1. The minimum atomic E-state index is -0.513. The van der Waals surface area contributed by atoms with Crippen LogP contribution in [-0.2, 0) is 0 Å². The Hall–Kier alpha value is -0.160. The van der Waals surface area contributed by atoms with Crippen LogP contribution in [0.3, 0.4) is 0 Å². The van der Waals surface area contributed by atoms with Crippen LogP contribution in [0.25, 0.3) is 0 Å². The van der Waals surface area contributed by atoms with Gasteiger partial charge in [-0.2, -0.15) is 0 Å². The molecule has 0 bridgehead atoms. The van der Waals surface area contributed by atoms with Crippen molar-refractivity contribution in [2.75, 3.05) is 6.54 Å². The maximum Gasteiger partial charge on any atom is 0.124 e. The first-order valence-corrected chi connectivity index (χ1v) is 6.49. The normalized spacial score (nSPS) is 24.8. The van der Waals surface area contributed by atoms with E-state index in [9.17, 15) is 5.11 Å². The maximum atomic E-state index is 10.1. The third-order valence-corrected chi connectivity index (χ3v) is 3.91. The predicted molar refractivity (Wildman–Crippen MR) is 62.3 cm³/mol. The molecule has 2 heterocycles. The van der Waals surface area contributed by atoms with E-state index < -0.39 is 6.10 Å². The van der Waals surface area contributed by atoms with E-state index in [1.807, 2.05) is 0 Å². The third-order valence-electron chi connectivity index (χ3n) is 2.73. The summed E-state index contributed by atoms with van der Waals surface area (Å²) >= 11 is 7.16. The van der Waals surface area contributed by atoms with Gasteiger partial charge in [0.25, 0.3) is 0 Å². The molecule has 1 saturated heterocycles. The molecule has 3 nitrogen and oxygen atoms in total. The summed E-state index contributed by atoms with van der Waals surface area (Å²) in [7, 11) is 0. The minimum absolute atomic E-state index is 0.134. The van der Waals surface area contributed by atoms with E-state index in [0.717, 1.165) is 18.0 Å². The summed E-state index contributed by atoms with van der Waals surface area (Å²) in [6.45, 7) is 0.987. The molecule has 15 heavy (non-hydrogen) atoms. The second-order valence-corrected chi connectivity index (χ2v) is 5.55. The van der Waals surface area contributed by atoms with E-state index in [1.165, 1.54) is 30.6 Å². The standard InChI is InChI=1S/C10H15ClN2OS/c11-8-6-13-10(15-8)9(14)7-4-2-1-3-5-12-7/h6-7,9,12,14H,1-5H2. The van der Waals surface area contributed by atoms with Crippen LogP contribution in [0, 0.1) is 0 Å². The zero-order valence-electron chi connectivity index (χ0n) is 8.45. The first-order chi connectivity index (χ1) is 7.27. The number of aliphatic hydroxyl groups is 1. The second kappa shape index (κ2) is 5.25. The number of halogens is 1. The van der Waals surface area contributed by atoms with Gasteiger partial charge in [0, 0.05) is 6.04 Å². The van der Waals surface area contributed by atoms with Crippen LogP contribution in [0.4, 0.5) is 0 Å². The Morgan fingerprint density at radius 2 is 2.40 bits per heavy atom. The summed E-state index contributed by atoms with van der Waals surface area (Å²) < 4.78 is 0.637. The molecule has 0 spiro atoms.